The number of nitrogens with zero attached hydrogens (tertiary/aromatic N) is 2. The maximum absolute atomic E-state index is 13.3. The number of methoxy groups -OCH3 is 1. The summed E-state index contributed by atoms with van der Waals surface area (Å²) >= 11 is 12.2. The predicted octanol–water partition coefficient (Wildman–Crippen LogP) is 4.96. The van der Waals surface area contributed by atoms with Crippen molar-refractivity contribution in [2.45, 2.75) is 25.3 Å². The third kappa shape index (κ3) is 13.7. The van der Waals surface area contributed by atoms with Crippen LogP contribution in [0.3, 0.4) is 0 Å². The number of carbonyl (C=O) groups excluding carboxylic acids is 1. The van der Waals surface area contributed by atoms with Gasteiger partial charge >= 0.3 is 0 Å². The molecule has 3 rings (SSSR count). The molecule has 1 saturated heterocycles. The average molecular weight is 641 g/mol. The van der Waals surface area contributed by atoms with Gasteiger partial charge in [0.25, 0.3) is 0 Å². The van der Waals surface area contributed by atoms with Crippen LogP contribution in [-0.2, 0) is 34.9 Å². The molecule has 1 N–H and O–H groups in total. The number of carbonyl (C=O) groups is 1. The first-order chi connectivity index (χ1) is 21.0. The van der Waals surface area contributed by atoms with Gasteiger partial charge in [-0.15, -0.1) is 0 Å². The molecule has 1 aliphatic heterocycles. The van der Waals surface area contributed by atoms with Crippen molar-refractivity contribution in [2.24, 2.45) is 0 Å². The molecular formula is C32H47Cl2N3O6. The number of hydrogen-bond donors (Lipinski definition) is 1. The summed E-state index contributed by atoms with van der Waals surface area (Å²) in [4.78, 5) is 17.6. The van der Waals surface area contributed by atoms with Crippen molar-refractivity contribution in [3.63, 3.8) is 0 Å². The van der Waals surface area contributed by atoms with Gasteiger partial charge in [-0.3, -0.25) is 4.79 Å². The molecule has 9 nitrogen and oxygen atoms in total. The van der Waals surface area contributed by atoms with E-state index >= 15 is 0 Å². The first-order valence-corrected chi connectivity index (χ1v) is 15.8. The van der Waals surface area contributed by atoms with Crippen molar-refractivity contribution in [2.75, 3.05) is 105 Å². The zero-order chi connectivity index (χ0) is 30.7. The van der Waals surface area contributed by atoms with E-state index in [0.717, 1.165) is 36.4 Å². The van der Waals surface area contributed by atoms with Gasteiger partial charge in [0, 0.05) is 32.9 Å². The van der Waals surface area contributed by atoms with Gasteiger partial charge in [-0.25, -0.2) is 0 Å². The first kappa shape index (κ1) is 35.5. The monoisotopic (exact) mass is 639 g/mol. The van der Waals surface area contributed by atoms with Crippen molar-refractivity contribution < 1.29 is 28.5 Å². The van der Waals surface area contributed by atoms with Gasteiger partial charge in [0.1, 0.15) is 0 Å². The van der Waals surface area contributed by atoms with E-state index in [1.54, 1.807) is 19.2 Å². The molecule has 0 unspecified atom stereocenters. The molecule has 11 heteroatoms. The summed E-state index contributed by atoms with van der Waals surface area (Å²) in [6, 6.07) is 13.6. The summed E-state index contributed by atoms with van der Waals surface area (Å²) in [6.07, 6.45) is 2.67. The molecule has 0 spiro atoms. The quantitative estimate of drug-likeness (QED) is 0.181. The van der Waals surface area contributed by atoms with Gasteiger partial charge in [0.15, 0.2) is 0 Å². The molecule has 0 aromatic heterocycles. The van der Waals surface area contributed by atoms with Gasteiger partial charge in [-0.1, -0.05) is 41.4 Å². The minimum Gasteiger partial charge on any atom is -0.383 e. The summed E-state index contributed by atoms with van der Waals surface area (Å²) in [5, 5.41) is 4.35. The highest BCUT2D eigenvalue weighted by Crippen LogP contribution is 2.27. The molecule has 0 aliphatic carbocycles. The molecule has 43 heavy (non-hydrogen) atoms. The molecule has 0 radical (unpaired) electrons. The van der Waals surface area contributed by atoms with Gasteiger partial charge in [-0.2, -0.15) is 0 Å². The van der Waals surface area contributed by atoms with E-state index in [1.807, 2.05) is 18.0 Å². The van der Waals surface area contributed by atoms with E-state index < -0.39 is 0 Å². The zero-order valence-electron chi connectivity index (χ0n) is 25.5. The van der Waals surface area contributed by atoms with Gasteiger partial charge < -0.3 is 38.8 Å². The smallest absolute Gasteiger partial charge is 0.227 e. The summed E-state index contributed by atoms with van der Waals surface area (Å²) in [5.41, 5.74) is 2.97. The SMILES string of the molecule is COCCOCCOCCOCCOCCNc1ccc([C@@H](CN2CCCC2)N(C)C(=O)Cc2ccc(Cl)c(Cl)c2)cc1. The number of hydrogen-bond acceptors (Lipinski definition) is 8. The van der Waals surface area contributed by atoms with Crippen LogP contribution in [0.25, 0.3) is 0 Å². The third-order valence-electron chi connectivity index (χ3n) is 7.25. The topological polar surface area (TPSA) is 81.7 Å². The number of amides is 1. The number of ether oxygens (including phenoxy) is 5. The highest BCUT2D eigenvalue weighted by atomic mass is 35.5. The number of rotatable bonds is 22. The second-order valence-corrected chi connectivity index (χ2v) is 11.3. The standard InChI is InChI=1S/C32H47Cl2N3O6/c1-36(32(38)24-26-5-10-29(33)30(34)23-26)31(25-37-12-3-4-13-37)27-6-8-28(9-7-27)35-11-14-40-17-18-42-21-22-43-20-19-41-16-15-39-2/h5-10,23,31,35H,3-4,11-22,24-25H2,1-2H3/t31-/m1/s1. The molecule has 2 aromatic carbocycles. The van der Waals surface area contributed by atoms with Crippen LogP contribution in [0, 0.1) is 0 Å². The Hall–Kier alpha value is -1.95. The highest BCUT2D eigenvalue weighted by molar-refractivity contribution is 6.42. The largest absolute Gasteiger partial charge is 0.383 e. The second kappa shape index (κ2) is 20.9. The van der Waals surface area contributed by atoms with Crippen LogP contribution < -0.4 is 5.32 Å². The lowest BCUT2D eigenvalue weighted by Crippen LogP contribution is -2.39. The lowest BCUT2D eigenvalue weighted by atomic mass is 10.0. The number of anilines is 1. The lowest BCUT2D eigenvalue weighted by molar-refractivity contribution is -0.131. The normalized spacial score (nSPS) is 14.2. The van der Waals surface area contributed by atoms with Crippen LogP contribution in [0.2, 0.25) is 10.0 Å². The summed E-state index contributed by atoms with van der Waals surface area (Å²) < 4.78 is 26.9. The van der Waals surface area contributed by atoms with E-state index in [9.17, 15) is 4.79 Å². The number of benzene rings is 2. The Morgan fingerprint density at radius 2 is 1.42 bits per heavy atom. The van der Waals surface area contributed by atoms with Crippen molar-refractivity contribution in [3.05, 3.63) is 63.6 Å². The maximum atomic E-state index is 13.3. The summed E-state index contributed by atoms with van der Waals surface area (Å²) in [5.74, 6) is 0.0433. The fraction of sp³-hybridized carbons (Fsp3) is 0.594. The predicted molar refractivity (Wildman–Crippen MR) is 171 cm³/mol. The van der Waals surface area contributed by atoms with Crippen LogP contribution >= 0.6 is 23.2 Å². The summed E-state index contributed by atoms with van der Waals surface area (Å²) in [7, 11) is 3.54. The van der Waals surface area contributed by atoms with Crippen molar-refractivity contribution in [1.29, 1.82) is 0 Å². The van der Waals surface area contributed by atoms with Crippen LogP contribution in [0.1, 0.15) is 30.0 Å². The van der Waals surface area contributed by atoms with Crippen molar-refractivity contribution >= 4 is 34.8 Å². The van der Waals surface area contributed by atoms with E-state index in [-0.39, 0.29) is 18.4 Å². The summed E-state index contributed by atoms with van der Waals surface area (Å²) in [6.45, 7) is 8.58. The second-order valence-electron chi connectivity index (χ2n) is 10.4. The molecule has 1 amide bonds. The molecule has 0 bridgehead atoms. The van der Waals surface area contributed by atoms with Crippen molar-refractivity contribution in [1.82, 2.24) is 9.80 Å². The number of likely N-dealkylation sites (N-methyl/N-ethyl adjacent to an activating group) is 1. The number of nitrogens with one attached hydrogen (secondary N) is 1. The molecule has 1 atom stereocenters. The van der Waals surface area contributed by atoms with E-state index in [1.165, 1.54) is 12.8 Å². The van der Waals surface area contributed by atoms with E-state index in [4.69, 9.17) is 46.9 Å². The Morgan fingerprint density at radius 3 is 2.00 bits per heavy atom. The van der Waals surface area contributed by atoms with Crippen molar-refractivity contribution in [3.8, 4) is 0 Å². The maximum Gasteiger partial charge on any atom is 0.227 e. The Kier molecular flexibility index (Phi) is 17.3. The van der Waals surface area contributed by atoms with Gasteiger partial charge in [0.05, 0.1) is 82.0 Å². The van der Waals surface area contributed by atoms with Gasteiger partial charge in [0.2, 0.25) is 5.91 Å². The lowest BCUT2D eigenvalue weighted by Gasteiger charge is -2.32. The fourth-order valence-corrected chi connectivity index (χ4v) is 5.10. The fourth-order valence-electron chi connectivity index (χ4n) is 4.78. The Labute approximate surface area is 266 Å². The molecule has 1 heterocycles. The van der Waals surface area contributed by atoms with E-state index in [0.29, 0.717) is 76.1 Å². The molecule has 2 aromatic rings. The minimum atomic E-state index is -0.0506. The molecule has 1 aliphatic rings. The van der Waals surface area contributed by atoms with Crippen LogP contribution in [0.4, 0.5) is 5.69 Å². The van der Waals surface area contributed by atoms with Crippen LogP contribution in [0.5, 0.6) is 0 Å². The molecule has 1 fully saturated rings. The third-order valence-corrected chi connectivity index (χ3v) is 7.99. The molecular weight excluding hydrogens is 593 g/mol. The zero-order valence-corrected chi connectivity index (χ0v) is 27.0. The minimum absolute atomic E-state index is 0.0433. The molecule has 0 saturated carbocycles. The number of likely N-dealkylation sites (tertiary alicyclic amines) is 1. The Balaban J connectivity index is 1.36. The van der Waals surface area contributed by atoms with Crippen LogP contribution in [-0.4, -0.2) is 116 Å². The first-order valence-electron chi connectivity index (χ1n) is 15.0. The van der Waals surface area contributed by atoms with Gasteiger partial charge in [-0.05, 0) is 61.3 Å². The van der Waals surface area contributed by atoms with Crippen LogP contribution in [0.15, 0.2) is 42.5 Å². The average Bonchev–Trinajstić information content (AvgIpc) is 3.53. The highest BCUT2D eigenvalue weighted by Gasteiger charge is 2.26. The Morgan fingerprint density at radius 1 is 0.837 bits per heavy atom. The number of halogens is 2. The molecule has 240 valence electrons. The Bertz CT molecular complexity index is 1060. The van der Waals surface area contributed by atoms with E-state index in [2.05, 4.69) is 34.5 Å².